The number of nitrogens with zero attached hydrogens (tertiary/aromatic N) is 7. The first-order valence-corrected chi connectivity index (χ1v) is 10.7. The molecule has 0 radical (unpaired) electrons. The molecule has 4 heterocycles. The molecule has 0 aliphatic rings. The molecule has 0 fully saturated rings. The van der Waals surface area contributed by atoms with E-state index in [1.165, 1.54) is 0 Å². The average Bonchev–Trinajstić information content (AvgIpc) is 3.48. The maximum absolute atomic E-state index is 10.1. The van der Waals surface area contributed by atoms with Crippen LogP contribution in [0.25, 0.3) is 28.0 Å². The first-order chi connectivity index (χ1) is 14.8. The summed E-state index contributed by atoms with van der Waals surface area (Å²) >= 11 is 0. The van der Waals surface area contributed by atoms with E-state index in [1.54, 1.807) is 30.9 Å². The van der Waals surface area contributed by atoms with Gasteiger partial charge in [-0.05, 0) is 32.8 Å². The monoisotopic (exact) mass is 422 g/mol. The first kappa shape index (κ1) is 21.2. The quantitative estimate of drug-likeness (QED) is 0.451. The average molecular weight is 423 g/mol. The molecule has 0 aliphatic carbocycles. The lowest BCUT2D eigenvalue weighted by Gasteiger charge is -2.25. The second-order valence-electron chi connectivity index (χ2n) is 8.53. The van der Waals surface area contributed by atoms with E-state index in [1.807, 2.05) is 33.9 Å². The minimum atomic E-state index is -0.986. The van der Waals surface area contributed by atoms with Crippen molar-refractivity contribution in [3.63, 3.8) is 0 Å². The maximum Gasteiger partial charge on any atom is 0.0999 e. The van der Waals surface area contributed by atoms with Crippen molar-refractivity contribution in [2.45, 2.75) is 64.8 Å². The standard InChI is InChI=1S/C22H30N8O/c1-5-17(6-2)29-12-16(10-26-29)21-19-7-8-24-30(19)13-18(27-21)15-9-25-28(11-15)14-20(23)22(3,4)31/h7-13,17,20,31H,5-6,14,23H2,1-4H3/t20-/m0/s1. The highest BCUT2D eigenvalue weighted by molar-refractivity contribution is 5.78. The lowest BCUT2D eigenvalue weighted by atomic mass is 10.0. The molecule has 1 atom stereocenters. The molecular formula is C22H30N8O. The Hall–Kier alpha value is -3.04. The van der Waals surface area contributed by atoms with Crippen molar-refractivity contribution in [3.8, 4) is 22.5 Å². The van der Waals surface area contributed by atoms with Crippen LogP contribution in [0.1, 0.15) is 46.6 Å². The van der Waals surface area contributed by atoms with Gasteiger partial charge in [0.05, 0.1) is 65.9 Å². The second-order valence-corrected chi connectivity index (χ2v) is 8.53. The Labute approximate surface area is 181 Å². The van der Waals surface area contributed by atoms with Crippen molar-refractivity contribution < 1.29 is 5.11 Å². The normalized spacial score (nSPS) is 13.4. The van der Waals surface area contributed by atoms with Crippen molar-refractivity contribution in [2.24, 2.45) is 5.73 Å². The third-order valence-electron chi connectivity index (χ3n) is 5.80. The number of hydrogen-bond acceptors (Lipinski definition) is 6. The second kappa shape index (κ2) is 8.24. The molecule has 0 aliphatic heterocycles. The molecule has 0 bridgehead atoms. The molecule has 9 heteroatoms. The van der Waals surface area contributed by atoms with E-state index in [9.17, 15) is 5.11 Å². The van der Waals surface area contributed by atoms with E-state index in [4.69, 9.17) is 10.7 Å². The Balaban J connectivity index is 1.70. The van der Waals surface area contributed by atoms with Crippen LogP contribution in [-0.4, -0.2) is 50.9 Å². The van der Waals surface area contributed by atoms with Gasteiger partial charge in [-0.3, -0.25) is 9.36 Å². The van der Waals surface area contributed by atoms with Gasteiger partial charge in [0.15, 0.2) is 0 Å². The van der Waals surface area contributed by atoms with Crippen LogP contribution in [0, 0.1) is 0 Å². The van der Waals surface area contributed by atoms with Crippen LogP contribution in [0.4, 0.5) is 0 Å². The molecule has 4 aromatic heterocycles. The Bertz CT molecular complexity index is 1160. The van der Waals surface area contributed by atoms with Gasteiger partial charge < -0.3 is 10.8 Å². The smallest absolute Gasteiger partial charge is 0.0999 e. The Morgan fingerprint density at radius 1 is 1.03 bits per heavy atom. The third kappa shape index (κ3) is 4.24. The zero-order valence-corrected chi connectivity index (χ0v) is 18.5. The number of rotatable bonds is 8. The molecule has 31 heavy (non-hydrogen) atoms. The predicted octanol–water partition coefficient (Wildman–Crippen LogP) is 2.92. The van der Waals surface area contributed by atoms with Crippen molar-refractivity contribution in [3.05, 3.63) is 43.2 Å². The summed E-state index contributed by atoms with van der Waals surface area (Å²) in [5, 5.41) is 23.5. The van der Waals surface area contributed by atoms with Crippen molar-refractivity contribution in [2.75, 3.05) is 0 Å². The van der Waals surface area contributed by atoms with E-state index in [2.05, 4.69) is 35.3 Å². The van der Waals surface area contributed by atoms with Crippen molar-refractivity contribution in [1.82, 2.24) is 34.2 Å². The summed E-state index contributed by atoms with van der Waals surface area (Å²) in [6.07, 6.45) is 13.3. The summed E-state index contributed by atoms with van der Waals surface area (Å²) in [5.41, 5.74) is 9.42. The molecule has 0 spiro atoms. The Morgan fingerprint density at radius 2 is 1.77 bits per heavy atom. The summed E-state index contributed by atoms with van der Waals surface area (Å²) in [5.74, 6) is 0. The van der Waals surface area contributed by atoms with Gasteiger partial charge in [0.1, 0.15) is 0 Å². The van der Waals surface area contributed by atoms with Gasteiger partial charge in [-0.15, -0.1) is 0 Å². The highest BCUT2D eigenvalue weighted by Gasteiger charge is 2.23. The summed E-state index contributed by atoms with van der Waals surface area (Å²) in [7, 11) is 0. The molecule has 0 aromatic carbocycles. The van der Waals surface area contributed by atoms with E-state index in [0.29, 0.717) is 12.6 Å². The molecule has 0 amide bonds. The number of fused-ring (bicyclic) bond motifs is 1. The number of nitrogens with two attached hydrogens (primary N) is 1. The molecule has 9 nitrogen and oxygen atoms in total. The molecular weight excluding hydrogens is 392 g/mol. The molecule has 4 rings (SSSR count). The van der Waals surface area contributed by atoms with Crippen LogP contribution in [0.3, 0.4) is 0 Å². The molecule has 0 saturated carbocycles. The molecule has 164 valence electrons. The van der Waals surface area contributed by atoms with Gasteiger partial charge in [-0.25, -0.2) is 9.50 Å². The molecule has 0 saturated heterocycles. The molecule has 3 N–H and O–H groups in total. The maximum atomic E-state index is 10.1. The van der Waals surface area contributed by atoms with E-state index >= 15 is 0 Å². The number of aromatic nitrogens is 7. The first-order valence-electron chi connectivity index (χ1n) is 10.7. The summed E-state index contributed by atoms with van der Waals surface area (Å²) < 4.78 is 5.58. The van der Waals surface area contributed by atoms with Gasteiger partial charge in [0, 0.05) is 23.5 Å². The van der Waals surface area contributed by atoms with E-state index in [-0.39, 0.29) is 0 Å². The molecule has 0 unspecified atom stereocenters. The fourth-order valence-electron chi connectivity index (χ4n) is 3.62. The number of hydrogen-bond donors (Lipinski definition) is 2. The van der Waals surface area contributed by atoms with E-state index in [0.717, 1.165) is 40.9 Å². The lowest BCUT2D eigenvalue weighted by Crippen LogP contribution is -2.45. The van der Waals surface area contributed by atoms with E-state index < -0.39 is 11.6 Å². The largest absolute Gasteiger partial charge is 0.389 e. The third-order valence-corrected chi connectivity index (χ3v) is 5.80. The Kier molecular flexibility index (Phi) is 5.63. The van der Waals surface area contributed by atoms with Crippen molar-refractivity contribution >= 4 is 5.52 Å². The summed E-state index contributed by atoms with van der Waals surface area (Å²) in [6, 6.07) is 1.89. The lowest BCUT2D eigenvalue weighted by molar-refractivity contribution is 0.0448. The van der Waals surface area contributed by atoms with Crippen LogP contribution >= 0.6 is 0 Å². The van der Waals surface area contributed by atoms with Crippen LogP contribution in [0.15, 0.2) is 43.2 Å². The zero-order valence-electron chi connectivity index (χ0n) is 18.5. The van der Waals surface area contributed by atoms with Gasteiger partial charge in [0.25, 0.3) is 0 Å². The predicted molar refractivity (Wildman–Crippen MR) is 119 cm³/mol. The Morgan fingerprint density at radius 3 is 2.48 bits per heavy atom. The van der Waals surface area contributed by atoms with Crippen LogP contribution in [0.2, 0.25) is 0 Å². The SMILES string of the molecule is CCC(CC)n1cc(-c2nc(-c3cnn(C[C@H](N)C(C)(C)O)c3)cn3nccc23)cn1. The minimum absolute atomic E-state index is 0.371. The fraction of sp³-hybridized carbons (Fsp3) is 0.455. The zero-order chi connectivity index (χ0) is 22.2. The minimum Gasteiger partial charge on any atom is -0.389 e. The topological polar surface area (TPSA) is 112 Å². The van der Waals surface area contributed by atoms with Gasteiger partial charge >= 0.3 is 0 Å². The molecule has 4 aromatic rings. The van der Waals surface area contributed by atoms with Crippen molar-refractivity contribution in [1.29, 1.82) is 0 Å². The van der Waals surface area contributed by atoms with Gasteiger partial charge in [-0.2, -0.15) is 15.3 Å². The van der Waals surface area contributed by atoms with Crippen LogP contribution in [-0.2, 0) is 6.54 Å². The van der Waals surface area contributed by atoms with Crippen LogP contribution < -0.4 is 5.73 Å². The summed E-state index contributed by atoms with van der Waals surface area (Å²) in [6.45, 7) is 8.14. The number of aliphatic hydroxyl groups is 1. The highest BCUT2D eigenvalue weighted by Crippen LogP contribution is 2.28. The fourth-order valence-corrected chi connectivity index (χ4v) is 3.62. The summed E-state index contributed by atoms with van der Waals surface area (Å²) in [4.78, 5) is 4.93. The van der Waals surface area contributed by atoms with Gasteiger partial charge in [-0.1, -0.05) is 13.8 Å². The van der Waals surface area contributed by atoms with Gasteiger partial charge in [0.2, 0.25) is 0 Å². The highest BCUT2D eigenvalue weighted by atomic mass is 16.3. The van der Waals surface area contributed by atoms with Crippen LogP contribution in [0.5, 0.6) is 0 Å².